The van der Waals surface area contributed by atoms with Gasteiger partial charge in [0.05, 0.1) is 17.7 Å². The number of nitrogens with one attached hydrogen (secondary N) is 2. The van der Waals surface area contributed by atoms with Gasteiger partial charge < -0.3 is 16.4 Å². The van der Waals surface area contributed by atoms with E-state index in [0.717, 1.165) is 13.0 Å². The smallest absolute Gasteiger partial charge is 0.262 e. The van der Waals surface area contributed by atoms with E-state index in [2.05, 4.69) is 23.3 Å². The molecule has 33 heavy (non-hydrogen) atoms. The molecule has 1 heterocycles. The normalized spacial score (nSPS) is 12.3. The number of aromatic nitrogens is 2. The highest BCUT2D eigenvalue weighted by molar-refractivity contribution is 7.80. The first-order valence-electron chi connectivity index (χ1n) is 10.8. The predicted molar refractivity (Wildman–Crippen MR) is 129 cm³/mol. The summed E-state index contributed by atoms with van der Waals surface area (Å²) < 4.78 is 3.82. The number of nitrogens with zero attached hydrogens (tertiary/aromatic N) is 2. The minimum Gasteiger partial charge on any atom is -0.398 e. The van der Waals surface area contributed by atoms with Crippen LogP contribution >= 0.6 is 12.6 Å². The van der Waals surface area contributed by atoms with Gasteiger partial charge >= 0.3 is 0 Å². The molecule has 1 aliphatic rings. The van der Waals surface area contributed by atoms with E-state index in [4.69, 9.17) is 5.73 Å². The molecule has 2 aromatic carbocycles. The van der Waals surface area contributed by atoms with Crippen LogP contribution in [-0.4, -0.2) is 40.9 Å². The van der Waals surface area contributed by atoms with E-state index >= 15 is 0 Å². The molecular formula is C24H26N5O3S+. The third-order valence-electron chi connectivity index (χ3n) is 5.52. The van der Waals surface area contributed by atoms with Gasteiger partial charge in [0.15, 0.2) is 18.1 Å². The monoisotopic (exact) mass is 464 g/mol. The number of imidazole rings is 1. The summed E-state index contributed by atoms with van der Waals surface area (Å²) in [6, 6.07) is 10.2. The number of nitrogens with two attached hydrogens (primary N) is 1. The van der Waals surface area contributed by atoms with Crippen LogP contribution in [0.5, 0.6) is 0 Å². The van der Waals surface area contributed by atoms with Crippen molar-refractivity contribution in [2.24, 2.45) is 0 Å². The fourth-order valence-electron chi connectivity index (χ4n) is 3.96. The standard InChI is InChI=1S/C24H25N5O3S/c25-18-6-7-19(22-21(18)23(31)16-4-1-2-5-17(16)24(22)32)26-8-3-10-28-11-12-29(15-28)14-20(30)27-9-13-33/h1-2,4-7,11-12,15,26H,3,8-10,13-14,25H2,(H-,27,30,33)/p+1. The van der Waals surface area contributed by atoms with Gasteiger partial charge in [-0.3, -0.25) is 14.4 Å². The molecule has 0 aliphatic heterocycles. The highest BCUT2D eigenvalue weighted by Crippen LogP contribution is 2.35. The highest BCUT2D eigenvalue weighted by atomic mass is 32.1. The second kappa shape index (κ2) is 9.91. The van der Waals surface area contributed by atoms with E-state index in [1.807, 2.05) is 27.9 Å². The van der Waals surface area contributed by atoms with E-state index in [1.165, 1.54) is 0 Å². The van der Waals surface area contributed by atoms with Gasteiger partial charge in [0.1, 0.15) is 12.4 Å². The highest BCUT2D eigenvalue weighted by Gasteiger charge is 2.33. The average Bonchev–Trinajstić information content (AvgIpc) is 3.26. The number of rotatable bonds is 9. The number of carbonyl (C=O) groups is 3. The Labute approximate surface area is 197 Å². The number of hydrogen-bond donors (Lipinski definition) is 4. The maximum Gasteiger partial charge on any atom is 0.262 e. The fourth-order valence-corrected chi connectivity index (χ4v) is 4.07. The Kier molecular flexibility index (Phi) is 6.79. The van der Waals surface area contributed by atoms with Crippen LogP contribution in [-0.2, 0) is 17.9 Å². The van der Waals surface area contributed by atoms with E-state index < -0.39 is 0 Å². The van der Waals surface area contributed by atoms with E-state index in [0.29, 0.717) is 46.9 Å². The van der Waals surface area contributed by atoms with Crippen LogP contribution in [0.15, 0.2) is 55.1 Å². The minimum absolute atomic E-state index is 0.0534. The van der Waals surface area contributed by atoms with Gasteiger partial charge in [-0.15, -0.1) is 0 Å². The summed E-state index contributed by atoms with van der Waals surface area (Å²) in [5, 5.41) is 6.08. The number of thiol groups is 1. The van der Waals surface area contributed by atoms with Gasteiger partial charge in [-0.05, 0) is 12.1 Å². The molecule has 0 saturated carbocycles. The van der Waals surface area contributed by atoms with Gasteiger partial charge in [0.25, 0.3) is 5.91 Å². The number of aryl methyl sites for hydroxylation is 1. The molecule has 4 N–H and O–H groups in total. The van der Waals surface area contributed by atoms with Crippen LogP contribution in [0.2, 0.25) is 0 Å². The molecule has 8 nitrogen and oxygen atoms in total. The number of benzene rings is 2. The first kappa shape index (κ1) is 22.6. The van der Waals surface area contributed by atoms with Crippen molar-refractivity contribution >= 4 is 41.5 Å². The Morgan fingerprint density at radius 2 is 1.76 bits per heavy atom. The lowest BCUT2D eigenvalue weighted by molar-refractivity contribution is -0.684. The Morgan fingerprint density at radius 3 is 2.48 bits per heavy atom. The second-order valence-electron chi connectivity index (χ2n) is 7.83. The molecule has 0 saturated heterocycles. The average molecular weight is 465 g/mol. The second-order valence-corrected chi connectivity index (χ2v) is 8.28. The third kappa shape index (κ3) is 4.78. The molecular weight excluding hydrogens is 438 g/mol. The van der Waals surface area contributed by atoms with Crippen molar-refractivity contribution in [3.05, 3.63) is 77.4 Å². The number of hydrogen-bond acceptors (Lipinski definition) is 6. The van der Waals surface area contributed by atoms with Crippen molar-refractivity contribution in [1.29, 1.82) is 0 Å². The number of amides is 1. The van der Waals surface area contributed by atoms with Gasteiger partial charge in [0, 0.05) is 47.8 Å². The topological polar surface area (TPSA) is 110 Å². The third-order valence-corrected chi connectivity index (χ3v) is 5.75. The summed E-state index contributed by atoms with van der Waals surface area (Å²) in [5.41, 5.74) is 8.38. The van der Waals surface area contributed by atoms with Gasteiger partial charge in [-0.2, -0.15) is 12.6 Å². The zero-order valence-corrected chi connectivity index (χ0v) is 19.0. The van der Waals surface area contributed by atoms with Gasteiger partial charge in [0.2, 0.25) is 6.33 Å². The minimum atomic E-state index is -0.225. The maximum absolute atomic E-state index is 13.1. The van der Waals surface area contributed by atoms with Crippen LogP contribution in [0, 0.1) is 0 Å². The molecule has 0 fully saturated rings. The summed E-state index contributed by atoms with van der Waals surface area (Å²) in [6.45, 7) is 2.13. The number of ketones is 2. The molecule has 3 aromatic rings. The van der Waals surface area contributed by atoms with Gasteiger partial charge in [-0.1, -0.05) is 24.3 Å². The summed E-state index contributed by atoms with van der Waals surface area (Å²) in [4.78, 5) is 37.9. The summed E-state index contributed by atoms with van der Waals surface area (Å²) in [5.74, 6) is 0.130. The number of fused-ring (bicyclic) bond motifs is 2. The van der Waals surface area contributed by atoms with E-state index in [-0.39, 0.29) is 29.6 Å². The van der Waals surface area contributed by atoms with Crippen molar-refractivity contribution in [2.75, 3.05) is 29.9 Å². The number of nitrogen functional groups attached to an aromatic ring is 1. The predicted octanol–water partition coefficient (Wildman–Crippen LogP) is 1.68. The molecule has 0 atom stereocenters. The zero-order valence-electron chi connectivity index (χ0n) is 18.1. The SMILES string of the molecule is Nc1ccc(NCCCn2cc[n+](CC(=O)NCCS)c2)c2c1C(=O)c1ccccc1C2=O. The number of carbonyl (C=O) groups excluding carboxylic acids is 3. The van der Waals surface area contributed by atoms with E-state index in [9.17, 15) is 14.4 Å². The van der Waals surface area contributed by atoms with Crippen LogP contribution in [0.4, 0.5) is 11.4 Å². The zero-order chi connectivity index (χ0) is 23.4. The van der Waals surface area contributed by atoms with E-state index in [1.54, 1.807) is 36.4 Å². The molecule has 1 aliphatic carbocycles. The molecule has 170 valence electrons. The van der Waals surface area contributed by atoms with Crippen molar-refractivity contribution in [2.45, 2.75) is 19.5 Å². The van der Waals surface area contributed by atoms with Crippen LogP contribution in [0.25, 0.3) is 0 Å². The van der Waals surface area contributed by atoms with Crippen molar-refractivity contribution in [1.82, 2.24) is 9.88 Å². The summed E-state index contributed by atoms with van der Waals surface area (Å²) >= 11 is 4.08. The molecule has 9 heteroatoms. The van der Waals surface area contributed by atoms with Crippen LogP contribution in [0.1, 0.15) is 38.3 Å². The Balaban J connectivity index is 1.39. The van der Waals surface area contributed by atoms with Crippen molar-refractivity contribution < 1.29 is 19.0 Å². The largest absolute Gasteiger partial charge is 0.398 e. The lowest BCUT2D eigenvalue weighted by Crippen LogP contribution is -2.42. The molecule has 1 aromatic heterocycles. The fraction of sp³-hybridized carbons (Fsp3) is 0.250. The maximum atomic E-state index is 13.1. The van der Waals surface area contributed by atoms with Crippen molar-refractivity contribution in [3.8, 4) is 0 Å². The van der Waals surface area contributed by atoms with Gasteiger partial charge in [-0.25, -0.2) is 9.13 Å². The lowest BCUT2D eigenvalue weighted by Gasteiger charge is -2.22. The molecule has 4 rings (SSSR count). The first-order valence-corrected chi connectivity index (χ1v) is 11.4. The summed E-state index contributed by atoms with van der Waals surface area (Å²) in [7, 11) is 0. The van der Waals surface area contributed by atoms with Crippen LogP contribution < -0.4 is 20.9 Å². The molecule has 0 radical (unpaired) electrons. The molecule has 0 spiro atoms. The van der Waals surface area contributed by atoms with Crippen LogP contribution in [0.3, 0.4) is 0 Å². The molecule has 0 unspecified atom stereocenters. The molecule has 0 bridgehead atoms. The molecule has 1 amide bonds. The summed E-state index contributed by atoms with van der Waals surface area (Å²) in [6.07, 6.45) is 6.42. The Bertz CT molecular complexity index is 1220. The Morgan fingerprint density at radius 1 is 1.03 bits per heavy atom. The first-order chi connectivity index (χ1) is 16.0. The lowest BCUT2D eigenvalue weighted by atomic mass is 9.82. The quantitative estimate of drug-likeness (QED) is 0.130. The number of anilines is 2. The van der Waals surface area contributed by atoms with Crippen molar-refractivity contribution in [3.63, 3.8) is 0 Å². The Hall–Kier alpha value is -3.59.